The molecule has 1 aromatic carbocycles. The summed E-state index contributed by atoms with van der Waals surface area (Å²) in [6.07, 6.45) is 1.37. The highest BCUT2D eigenvalue weighted by Crippen LogP contribution is 2.17. The smallest absolute Gasteiger partial charge is 0.293 e. The van der Waals surface area contributed by atoms with Crippen molar-refractivity contribution < 1.29 is 18.7 Å². The number of hydrogen-bond acceptors (Lipinski definition) is 4. The van der Waals surface area contributed by atoms with Crippen LogP contribution >= 0.6 is 0 Å². The monoisotopic (exact) mass is 259 g/mol. The molecule has 0 radical (unpaired) electrons. The molecular formula is C14H13NO4. The van der Waals surface area contributed by atoms with Crippen LogP contribution in [0.5, 0.6) is 5.75 Å². The van der Waals surface area contributed by atoms with Gasteiger partial charge in [-0.15, -0.1) is 0 Å². The number of rotatable bonds is 4. The molecule has 0 bridgehead atoms. The molecule has 1 aromatic heterocycles. The van der Waals surface area contributed by atoms with Crippen LogP contribution in [0.4, 0.5) is 0 Å². The first-order chi connectivity index (χ1) is 9.22. The highest BCUT2D eigenvalue weighted by atomic mass is 16.5. The van der Waals surface area contributed by atoms with Gasteiger partial charge in [-0.3, -0.25) is 14.9 Å². The summed E-state index contributed by atoms with van der Waals surface area (Å²) in [7, 11) is 0. The van der Waals surface area contributed by atoms with Gasteiger partial charge in [-0.25, -0.2) is 0 Å². The molecule has 0 saturated carbocycles. The second-order valence-corrected chi connectivity index (χ2v) is 3.69. The molecule has 0 saturated heterocycles. The second kappa shape index (κ2) is 5.86. The number of ether oxygens (including phenoxy) is 1. The van der Waals surface area contributed by atoms with Crippen LogP contribution in [-0.4, -0.2) is 18.4 Å². The summed E-state index contributed by atoms with van der Waals surface area (Å²) in [5.41, 5.74) is 0.309. The first-order valence-corrected chi connectivity index (χ1v) is 5.83. The van der Waals surface area contributed by atoms with Crippen LogP contribution in [0, 0.1) is 0 Å². The Morgan fingerprint density at radius 2 is 1.95 bits per heavy atom. The Balaban J connectivity index is 2.14. The van der Waals surface area contributed by atoms with E-state index in [4.69, 9.17) is 9.15 Å². The molecule has 1 heterocycles. The lowest BCUT2D eigenvalue weighted by atomic mass is 10.2. The Labute approximate surface area is 110 Å². The number of para-hydroxylation sites is 1. The molecule has 0 unspecified atom stereocenters. The number of imide groups is 1. The summed E-state index contributed by atoms with van der Waals surface area (Å²) >= 11 is 0. The largest absolute Gasteiger partial charge is 0.493 e. The van der Waals surface area contributed by atoms with Crippen molar-refractivity contribution in [3.63, 3.8) is 0 Å². The fourth-order valence-electron chi connectivity index (χ4n) is 1.58. The van der Waals surface area contributed by atoms with Gasteiger partial charge in [0.15, 0.2) is 5.76 Å². The number of furan rings is 1. The number of hydrogen-bond donors (Lipinski definition) is 1. The summed E-state index contributed by atoms with van der Waals surface area (Å²) in [5, 5.41) is 2.25. The van der Waals surface area contributed by atoms with Crippen molar-refractivity contribution in [2.75, 3.05) is 6.61 Å². The molecule has 0 aliphatic rings. The molecule has 0 aliphatic heterocycles. The molecule has 0 fully saturated rings. The lowest BCUT2D eigenvalue weighted by Gasteiger charge is -2.09. The first kappa shape index (κ1) is 12.9. The summed E-state index contributed by atoms with van der Waals surface area (Å²) in [6.45, 7) is 2.26. The predicted octanol–water partition coefficient (Wildman–Crippen LogP) is 2.25. The Bertz CT molecular complexity index is 575. The molecule has 1 N–H and O–H groups in total. The first-order valence-electron chi connectivity index (χ1n) is 5.83. The normalized spacial score (nSPS) is 9.95. The van der Waals surface area contributed by atoms with Gasteiger partial charge in [0.2, 0.25) is 0 Å². The molecule has 19 heavy (non-hydrogen) atoms. The summed E-state index contributed by atoms with van der Waals surface area (Å²) in [4.78, 5) is 23.7. The van der Waals surface area contributed by atoms with E-state index in [0.29, 0.717) is 17.9 Å². The zero-order valence-electron chi connectivity index (χ0n) is 10.4. The van der Waals surface area contributed by atoms with Crippen molar-refractivity contribution in [2.24, 2.45) is 0 Å². The second-order valence-electron chi connectivity index (χ2n) is 3.69. The molecule has 5 heteroatoms. The van der Waals surface area contributed by atoms with Crippen LogP contribution in [0.25, 0.3) is 0 Å². The molecule has 0 spiro atoms. The quantitative estimate of drug-likeness (QED) is 0.855. The van der Waals surface area contributed by atoms with Crippen molar-refractivity contribution in [1.29, 1.82) is 0 Å². The molecule has 2 rings (SSSR count). The van der Waals surface area contributed by atoms with Crippen LogP contribution in [0.2, 0.25) is 0 Å². The van der Waals surface area contributed by atoms with Crippen LogP contribution in [0.3, 0.4) is 0 Å². The highest BCUT2D eigenvalue weighted by Gasteiger charge is 2.17. The highest BCUT2D eigenvalue weighted by molar-refractivity contribution is 6.10. The molecule has 98 valence electrons. The Morgan fingerprint density at radius 3 is 2.63 bits per heavy atom. The molecule has 5 nitrogen and oxygen atoms in total. The summed E-state index contributed by atoms with van der Waals surface area (Å²) < 4.78 is 10.2. The number of nitrogens with one attached hydrogen (secondary N) is 1. The third-order valence-electron chi connectivity index (χ3n) is 2.40. The molecule has 0 aliphatic carbocycles. The zero-order valence-corrected chi connectivity index (χ0v) is 10.4. The lowest BCUT2D eigenvalue weighted by Crippen LogP contribution is -2.30. The van der Waals surface area contributed by atoms with Gasteiger partial charge in [-0.2, -0.15) is 0 Å². The Hall–Kier alpha value is -2.56. The van der Waals surface area contributed by atoms with E-state index in [1.807, 2.05) is 6.92 Å². The molecular weight excluding hydrogens is 246 g/mol. The standard InChI is InChI=1S/C14H13NO4/c1-2-18-11-7-4-3-6-10(11)13(16)15-14(17)12-8-5-9-19-12/h3-9H,2H2,1H3,(H,15,16,17). The van der Waals surface area contributed by atoms with Gasteiger partial charge in [0.05, 0.1) is 18.4 Å². The van der Waals surface area contributed by atoms with Gasteiger partial charge in [0.25, 0.3) is 11.8 Å². The van der Waals surface area contributed by atoms with Crippen molar-refractivity contribution in [3.8, 4) is 5.75 Å². The number of carbonyl (C=O) groups excluding carboxylic acids is 2. The van der Waals surface area contributed by atoms with Gasteiger partial charge >= 0.3 is 0 Å². The van der Waals surface area contributed by atoms with Gasteiger partial charge in [0.1, 0.15) is 5.75 Å². The van der Waals surface area contributed by atoms with Crippen LogP contribution in [0.1, 0.15) is 27.8 Å². The van der Waals surface area contributed by atoms with Crippen molar-refractivity contribution in [3.05, 3.63) is 54.0 Å². The Morgan fingerprint density at radius 1 is 1.16 bits per heavy atom. The average Bonchev–Trinajstić information content (AvgIpc) is 2.93. The van der Waals surface area contributed by atoms with E-state index in [1.54, 1.807) is 30.3 Å². The van der Waals surface area contributed by atoms with E-state index in [2.05, 4.69) is 5.32 Å². The summed E-state index contributed by atoms with van der Waals surface area (Å²) in [6, 6.07) is 9.79. The summed E-state index contributed by atoms with van der Waals surface area (Å²) in [5.74, 6) is -0.580. The fourth-order valence-corrected chi connectivity index (χ4v) is 1.58. The number of carbonyl (C=O) groups is 2. The van der Waals surface area contributed by atoms with Crippen molar-refractivity contribution >= 4 is 11.8 Å². The van der Waals surface area contributed by atoms with Gasteiger partial charge in [-0.1, -0.05) is 12.1 Å². The minimum Gasteiger partial charge on any atom is -0.493 e. The van der Waals surface area contributed by atoms with E-state index in [9.17, 15) is 9.59 Å². The van der Waals surface area contributed by atoms with Gasteiger partial charge in [0, 0.05) is 0 Å². The van der Waals surface area contributed by atoms with E-state index in [0.717, 1.165) is 0 Å². The van der Waals surface area contributed by atoms with Crippen LogP contribution in [-0.2, 0) is 0 Å². The number of benzene rings is 1. The van der Waals surface area contributed by atoms with E-state index in [-0.39, 0.29) is 5.76 Å². The third-order valence-corrected chi connectivity index (χ3v) is 2.40. The minimum absolute atomic E-state index is 0.0854. The molecule has 0 atom stereocenters. The van der Waals surface area contributed by atoms with E-state index in [1.165, 1.54) is 12.3 Å². The van der Waals surface area contributed by atoms with Crippen molar-refractivity contribution in [2.45, 2.75) is 6.92 Å². The van der Waals surface area contributed by atoms with E-state index >= 15 is 0 Å². The zero-order chi connectivity index (χ0) is 13.7. The van der Waals surface area contributed by atoms with Crippen LogP contribution in [0.15, 0.2) is 47.1 Å². The fraction of sp³-hybridized carbons (Fsp3) is 0.143. The predicted molar refractivity (Wildman–Crippen MR) is 68.1 cm³/mol. The van der Waals surface area contributed by atoms with Gasteiger partial charge < -0.3 is 9.15 Å². The molecule has 2 aromatic rings. The van der Waals surface area contributed by atoms with Gasteiger partial charge in [-0.05, 0) is 31.2 Å². The molecule has 2 amide bonds. The maximum Gasteiger partial charge on any atom is 0.293 e. The lowest BCUT2D eigenvalue weighted by molar-refractivity contribution is 0.0831. The van der Waals surface area contributed by atoms with E-state index < -0.39 is 11.8 Å². The Kier molecular flexibility index (Phi) is 3.97. The average molecular weight is 259 g/mol. The maximum atomic E-state index is 12.0. The SMILES string of the molecule is CCOc1ccccc1C(=O)NC(=O)c1ccco1. The maximum absolute atomic E-state index is 12.0. The van der Waals surface area contributed by atoms with Crippen molar-refractivity contribution in [1.82, 2.24) is 5.32 Å². The topological polar surface area (TPSA) is 68.5 Å². The minimum atomic E-state index is -0.582. The number of amides is 2. The van der Waals surface area contributed by atoms with Crippen LogP contribution < -0.4 is 10.1 Å². The third kappa shape index (κ3) is 3.01.